The normalized spacial score (nSPS) is 22.2. The molecule has 4 rings (SSSR count). The van der Waals surface area contributed by atoms with E-state index in [1.807, 2.05) is 45.2 Å². The molecule has 1 aromatic rings. The number of urea groups is 1. The molecule has 0 bridgehead atoms. The van der Waals surface area contributed by atoms with Crippen LogP contribution in [0.15, 0.2) is 17.5 Å². The Morgan fingerprint density at radius 2 is 1.74 bits per heavy atom. The number of hydrogen-bond acceptors (Lipinski definition) is 7. The highest BCUT2D eigenvalue weighted by Crippen LogP contribution is 2.34. The van der Waals surface area contributed by atoms with E-state index in [-0.39, 0.29) is 17.7 Å². The molecule has 0 spiro atoms. The number of ketones is 1. The van der Waals surface area contributed by atoms with E-state index in [4.69, 9.17) is 0 Å². The minimum absolute atomic E-state index is 0.00298. The Morgan fingerprint density at radius 3 is 2.33 bits per heavy atom. The number of amides is 6. The maximum atomic E-state index is 14.2. The minimum atomic E-state index is -1.09. The number of nitrogens with one attached hydrogen (secondary N) is 5. The second-order valence-corrected chi connectivity index (χ2v) is 15.4. The van der Waals surface area contributed by atoms with Crippen molar-refractivity contribution in [2.45, 2.75) is 116 Å². The molecule has 1 unspecified atom stereocenters. The predicted molar refractivity (Wildman–Crippen MR) is 175 cm³/mol. The first-order chi connectivity index (χ1) is 21.7. The van der Waals surface area contributed by atoms with Crippen molar-refractivity contribution in [1.29, 1.82) is 0 Å². The number of Topliss-reactive ketones (excluding diaryl/α,β-unsaturated/α-hetero) is 1. The van der Waals surface area contributed by atoms with Crippen LogP contribution in [0.1, 0.15) is 90.4 Å². The van der Waals surface area contributed by atoms with E-state index in [9.17, 15) is 28.8 Å². The summed E-state index contributed by atoms with van der Waals surface area (Å²) >= 11 is 1.55. The first-order valence-electron chi connectivity index (χ1n) is 16.5. The van der Waals surface area contributed by atoms with Crippen molar-refractivity contribution in [1.82, 2.24) is 31.5 Å². The summed E-state index contributed by atoms with van der Waals surface area (Å²) in [5.41, 5.74) is -1.82. The first-order valence-corrected chi connectivity index (χ1v) is 17.4. The molecule has 1 aromatic heterocycles. The molecule has 4 atom stereocenters. The van der Waals surface area contributed by atoms with Crippen molar-refractivity contribution in [3.05, 3.63) is 22.4 Å². The van der Waals surface area contributed by atoms with Gasteiger partial charge in [0.25, 0.3) is 5.91 Å². The van der Waals surface area contributed by atoms with Gasteiger partial charge in [0.15, 0.2) is 0 Å². The largest absolute Gasteiger partial charge is 0.353 e. The van der Waals surface area contributed by atoms with Gasteiger partial charge in [-0.3, -0.25) is 24.0 Å². The molecule has 13 heteroatoms. The molecule has 46 heavy (non-hydrogen) atoms. The Morgan fingerprint density at radius 1 is 1.04 bits per heavy atom. The van der Waals surface area contributed by atoms with Crippen LogP contribution in [0.3, 0.4) is 0 Å². The van der Waals surface area contributed by atoms with Gasteiger partial charge in [0.2, 0.25) is 23.5 Å². The Kier molecular flexibility index (Phi) is 11.5. The van der Waals surface area contributed by atoms with Crippen LogP contribution in [0.2, 0.25) is 0 Å². The van der Waals surface area contributed by atoms with Crippen LogP contribution in [0.4, 0.5) is 4.79 Å². The zero-order valence-electron chi connectivity index (χ0n) is 27.7. The summed E-state index contributed by atoms with van der Waals surface area (Å²) in [7, 11) is 1.37. The molecule has 0 radical (unpaired) electrons. The summed E-state index contributed by atoms with van der Waals surface area (Å²) in [6.07, 6.45) is 6.19. The molecule has 254 valence electrons. The van der Waals surface area contributed by atoms with Crippen molar-refractivity contribution in [2.24, 2.45) is 17.3 Å². The zero-order valence-corrected chi connectivity index (χ0v) is 28.5. The summed E-state index contributed by atoms with van der Waals surface area (Å²) in [5, 5.41) is 15.9. The highest BCUT2D eigenvalue weighted by atomic mass is 32.1. The third-order valence-electron chi connectivity index (χ3n) is 9.33. The molecule has 1 saturated heterocycles. The van der Waals surface area contributed by atoms with Crippen LogP contribution in [0.25, 0.3) is 0 Å². The second kappa shape index (κ2) is 15.0. The molecule has 3 fully saturated rings. The van der Waals surface area contributed by atoms with Gasteiger partial charge in [0.1, 0.15) is 17.6 Å². The zero-order chi connectivity index (χ0) is 33.6. The van der Waals surface area contributed by atoms with E-state index >= 15 is 0 Å². The Labute approximate surface area is 275 Å². The lowest BCUT2D eigenvalue weighted by Crippen LogP contribution is -2.65. The number of carbonyl (C=O) groups excluding carboxylic acids is 6. The SMILES string of the molecule is CNC(=O)C(=O)C(CC1CC1)NC(=O)[C@@H]1C[C@@H](C)CN1C(=O)[C@@H](NC(=O)NC1(C(=O)NCc2cccs2)CCCCC1)C(C)(C)C. The molecule has 1 aliphatic heterocycles. The fraction of sp³-hybridized carbons (Fsp3) is 0.697. The predicted octanol–water partition coefficient (Wildman–Crippen LogP) is 2.62. The van der Waals surface area contributed by atoms with Crippen LogP contribution in [-0.2, 0) is 30.5 Å². The molecule has 12 nitrogen and oxygen atoms in total. The van der Waals surface area contributed by atoms with Crippen LogP contribution in [-0.4, -0.2) is 77.6 Å². The topological polar surface area (TPSA) is 166 Å². The van der Waals surface area contributed by atoms with Crippen molar-refractivity contribution < 1.29 is 28.8 Å². The third kappa shape index (κ3) is 8.86. The number of carbonyl (C=O) groups is 6. The molecule has 2 saturated carbocycles. The molecule has 5 N–H and O–H groups in total. The lowest BCUT2D eigenvalue weighted by molar-refractivity contribution is -0.143. The first kappa shape index (κ1) is 35.4. The van der Waals surface area contributed by atoms with Crippen LogP contribution >= 0.6 is 11.3 Å². The smallest absolute Gasteiger partial charge is 0.316 e. The molecular formula is C33H50N6O6S. The Hall–Kier alpha value is -3.48. The lowest BCUT2D eigenvalue weighted by atomic mass is 9.80. The van der Waals surface area contributed by atoms with E-state index in [0.717, 1.165) is 37.0 Å². The molecular weight excluding hydrogens is 608 g/mol. The number of hydrogen-bond donors (Lipinski definition) is 5. The van der Waals surface area contributed by atoms with E-state index < -0.39 is 58.6 Å². The fourth-order valence-electron chi connectivity index (χ4n) is 6.52. The van der Waals surface area contributed by atoms with E-state index in [2.05, 4.69) is 26.6 Å². The van der Waals surface area contributed by atoms with Crippen molar-refractivity contribution in [2.75, 3.05) is 13.6 Å². The third-order valence-corrected chi connectivity index (χ3v) is 10.2. The summed E-state index contributed by atoms with van der Waals surface area (Å²) in [4.78, 5) is 82.3. The fourth-order valence-corrected chi connectivity index (χ4v) is 7.16. The maximum absolute atomic E-state index is 14.2. The van der Waals surface area contributed by atoms with Gasteiger partial charge in [-0.2, -0.15) is 0 Å². The van der Waals surface area contributed by atoms with Gasteiger partial charge >= 0.3 is 6.03 Å². The van der Waals surface area contributed by atoms with Gasteiger partial charge in [0.05, 0.1) is 12.6 Å². The minimum Gasteiger partial charge on any atom is -0.353 e. The lowest BCUT2D eigenvalue weighted by Gasteiger charge is -2.39. The number of likely N-dealkylation sites (tertiary alicyclic amines) is 1. The Balaban J connectivity index is 1.47. The van der Waals surface area contributed by atoms with E-state index in [1.165, 1.54) is 11.9 Å². The number of likely N-dealkylation sites (N-methyl/N-ethyl adjacent to an activating group) is 1. The van der Waals surface area contributed by atoms with Crippen LogP contribution in [0.5, 0.6) is 0 Å². The maximum Gasteiger partial charge on any atom is 0.316 e. The van der Waals surface area contributed by atoms with Gasteiger partial charge in [-0.1, -0.05) is 65.9 Å². The summed E-state index contributed by atoms with van der Waals surface area (Å²) < 4.78 is 0. The second-order valence-electron chi connectivity index (χ2n) is 14.3. The number of thiophene rings is 1. The van der Waals surface area contributed by atoms with Gasteiger partial charge < -0.3 is 31.5 Å². The van der Waals surface area contributed by atoms with E-state index in [1.54, 1.807) is 11.3 Å². The molecule has 2 aliphatic carbocycles. The van der Waals surface area contributed by atoms with Crippen molar-refractivity contribution in [3.63, 3.8) is 0 Å². The standard InChI is InChI=1S/C33H50N6O6S/c1-20-16-24(27(41)36-23(17-21-11-12-21)25(40)28(42)34-5)39(19-20)29(43)26(32(2,3)4)37-31(45)38-33(13-7-6-8-14-33)30(44)35-18-22-10-9-15-46-22/h9-10,15,20-21,23-24,26H,6-8,11-14,16-19H2,1-5H3,(H,34,42)(H,35,44)(H,36,41)(H2,37,38,45)/t20-,23?,24+,26-/m1/s1. The molecule has 2 heterocycles. The monoisotopic (exact) mass is 658 g/mol. The van der Waals surface area contributed by atoms with Crippen LogP contribution < -0.4 is 26.6 Å². The average molecular weight is 659 g/mol. The quantitative estimate of drug-likeness (QED) is 0.217. The summed E-state index contributed by atoms with van der Waals surface area (Å²) in [6, 6.07) is 0.423. The summed E-state index contributed by atoms with van der Waals surface area (Å²) in [5.74, 6) is -2.33. The molecule has 3 aliphatic rings. The molecule has 0 aromatic carbocycles. The van der Waals surface area contributed by atoms with E-state index in [0.29, 0.717) is 38.8 Å². The summed E-state index contributed by atoms with van der Waals surface area (Å²) in [6.45, 7) is 8.13. The molecule has 6 amide bonds. The van der Waals surface area contributed by atoms with Gasteiger partial charge in [-0.15, -0.1) is 11.3 Å². The van der Waals surface area contributed by atoms with Gasteiger partial charge in [-0.05, 0) is 54.4 Å². The average Bonchev–Trinajstić information content (AvgIpc) is 3.50. The number of rotatable bonds is 12. The van der Waals surface area contributed by atoms with Crippen molar-refractivity contribution >= 4 is 46.8 Å². The van der Waals surface area contributed by atoms with Gasteiger partial charge in [-0.25, -0.2) is 4.79 Å². The Bertz CT molecular complexity index is 1280. The highest BCUT2D eigenvalue weighted by molar-refractivity contribution is 7.09. The van der Waals surface area contributed by atoms with Crippen LogP contribution in [0, 0.1) is 17.3 Å². The highest BCUT2D eigenvalue weighted by Gasteiger charge is 2.46. The van der Waals surface area contributed by atoms with Gasteiger partial charge in [0, 0.05) is 18.5 Å². The number of nitrogens with zero attached hydrogens (tertiary/aromatic N) is 1. The van der Waals surface area contributed by atoms with Crippen molar-refractivity contribution in [3.8, 4) is 0 Å².